The molecule has 2 aromatic rings. The highest BCUT2D eigenvalue weighted by atomic mass is 16.5. The van der Waals surface area contributed by atoms with Gasteiger partial charge in [-0.3, -0.25) is 9.59 Å². The molecule has 2 atom stereocenters. The molecular weight excluding hydrogens is 332 g/mol. The second-order valence-corrected chi connectivity index (χ2v) is 6.24. The van der Waals surface area contributed by atoms with Crippen molar-refractivity contribution in [2.75, 3.05) is 19.5 Å². The smallest absolute Gasteiger partial charge is 0.228 e. The maximum atomic E-state index is 12.9. The Morgan fingerprint density at radius 2 is 1.81 bits per heavy atom. The lowest BCUT2D eigenvalue weighted by molar-refractivity contribution is -0.126. The number of ether oxygens (including phenoxy) is 2. The van der Waals surface area contributed by atoms with Gasteiger partial charge in [0.05, 0.1) is 26.2 Å². The van der Waals surface area contributed by atoms with Crippen molar-refractivity contribution in [1.82, 2.24) is 5.32 Å². The Balaban J connectivity index is 1.89. The molecule has 0 saturated heterocycles. The molecule has 136 valence electrons. The van der Waals surface area contributed by atoms with Gasteiger partial charge in [-0.05, 0) is 24.1 Å². The van der Waals surface area contributed by atoms with Crippen LogP contribution in [0.5, 0.6) is 11.5 Å². The van der Waals surface area contributed by atoms with Gasteiger partial charge in [-0.1, -0.05) is 30.3 Å². The van der Waals surface area contributed by atoms with Crippen LogP contribution in [0, 0.1) is 0 Å². The fraction of sp³-hybridized carbons (Fsp3) is 0.300. The Labute approximate surface area is 152 Å². The molecular formula is C20H22N2O4. The summed E-state index contributed by atoms with van der Waals surface area (Å²) in [6, 6.07) is 13.0. The molecule has 3 rings (SSSR count). The molecule has 0 fully saturated rings. The standard InChI is InChI=1S/C20H22N2O4/c1-12(13-7-5-4-6-8-13)21-20(24)15-10-19(23)22-16-11-18(26-3)17(25-2)9-14(15)16/h4-9,11-12,15H,10H2,1-3H3,(H,21,24)(H,22,23)/t12-,15-/m1/s1. The van der Waals surface area contributed by atoms with Crippen LogP contribution in [-0.4, -0.2) is 26.0 Å². The summed E-state index contributed by atoms with van der Waals surface area (Å²) in [6.45, 7) is 1.92. The van der Waals surface area contributed by atoms with Crippen LogP contribution in [0.3, 0.4) is 0 Å². The van der Waals surface area contributed by atoms with Crippen LogP contribution >= 0.6 is 0 Å². The summed E-state index contributed by atoms with van der Waals surface area (Å²) >= 11 is 0. The summed E-state index contributed by atoms with van der Waals surface area (Å²) in [5.74, 6) is 0.0631. The van der Waals surface area contributed by atoms with E-state index in [0.29, 0.717) is 17.2 Å². The normalized spacial score (nSPS) is 16.9. The maximum absolute atomic E-state index is 12.9. The SMILES string of the molecule is COc1cc2c(cc1OC)[C@H](C(=O)N[C@H](C)c1ccccc1)CC(=O)N2. The third-order valence-electron chi connectivity index (χ3n) is 4.57. The number of hydrogen-bond donors (Lipinski definition) is 2. The van der Waals surface area contributed by atoms with Crippen LogP contribution in [0.15, 0.2) is 42.5 Å². The number of amides is 2. The monoisotopic (exact) mass is 354 g/mol. The minimum absolute atomic E-state index is 0.0931. The number of anilines is 1. The van der Waals surface area contributed by atoms with Crippen LogP contribution in [-0.2, 0) is 9.59 Å². The zero-order valence-electron chi connectivity index (χ0n) is 15.0. The van der Waals surface area contributed by atoms with Crippen LogP contribution in [0.25, 0.3) is 0 Å². The van der Waals surface area contributed by atoms with E-state index in [1.807, 2.05) is 37.3 Å². The van der Waals surface area contributed by atoms with Crippen LogP contribution in [0.1, 0.15) is 36.4 Å². The summed E-state index contributed by atoms with van der Waals surface area (Å²) in [5.41, 5.74) is 2.31. The number of benzene rings is 2. The summed E-state index contributed by atoms with van der Waals surface area (Å²) in [5, 5.41) is 5.80. The van der Waals surface area contributed by atoms with Gasteiger partial charge in [0.15, 0.2) is 11.5 Å². The van der Waals surface area contributed by atoms with E-state index in [1.165, 1.54) is 14.2 Å². The van der Waals surface area contributed by atoms with E-state index in [0.717, 1.165) is 11.1 Å². The highest BCUT2D eigenvalue weighted by molar-refractivity contribution is 6.01. The van der Waals surface area contributed by atoms with Gasteiger partial charge >= 0.3 is 0 Å². The van der Waals surface area contributed by atoms with Gasteiger partial charge in [0.2, 0.25) is 11.8 Å². The number of nitrogens with one attached hydrogen (secondary N) is 2. The maximum Gasteiger partial charge on any atom is 0.228 e. The van der Waals surface area contributed by atoms with E-state index < -0.39 is 5.92 Å². The first kappa shape index (κ1) is 17.8. The van der Waals surface area contributed by atoms with E-state index in [4.69, 9.17) is 9.47 Å². The molecule has 0 bridgehead atoms. The van der Waals surface area contributed by atoms with Gasteiger partial charge in [-0.2, -0.15) is 0 Å². The van der Waals surface area contributed by atoms with E-state index in [9.17, 15) is 9.59 Å². The average molecular weight is 354 g/mol. The molecule has 0 aliphatic carbocycles. The molecule has 6 nitrogen and oxygen atoms in total. The highest BCUT2D eigenvalue weighted by Crippen LogP contribution is 2.40. The molecule has 1 aliphatic rings. The van der Waals surface area contributed by atoms with Crippen molar-refractivity contribution in [3.05, 3.63) is 53.6 Å². The molecule has 2 N–H and O–H groups in total. The molecule has 2 aromatic carbocycles. The Hall–Kier alpha value is -3.02. The Bertz CT molecular complexity index is 820. The summed E-state index contributed by atoms with van der Waals surface area (Å²) in [6.07, 6.45) is 0.0931. The molecule has 6 heteroatoms. The second kappa shape index (κ2) is 7.47. The van der Waals surface area contributed by atoms with Crippen LogP contribution in [0.4, 0.5) is 5.69 Å². The zero-order chi connectivity index (χ0) is 18.7. The van der Waals surface area contributed by atoms with Crippen molar-refractivity contribution < 1.29 is 19.1 Å². The lowest BCUT2D eigenvalue weighted by Crippen LogP contribution is -2.36. The highest BCUT2D eigenvalue weighted by Gasteiger charge is 2.32. The third kappa shape index (κ3) is 3.49. The van der Waals surface area contributed by atoms with Gasteiger partial charge in [-0.25, -0.2) is 0 Å². The van der Waals surface area contributed by atoms with Gasteiger partial charge < -0.3 is 20.1 Å². The minimum Gasteiger partial charge on any atom is -0.493 e. The predicted molar refractivity (Wildman–Crippen MR) is 98.5 cm³/mol. The first-order chi connectivity index (χ1) is 12.5. The minimum atomic E-state index is -0.579. The van der Waals surface area contributed by atoms with Crippen molar-refractivity contribution in [3.8, 4) is 11.5 Å². The van der Waals surface area contributed by atoms with Gasteiger partial charge in [0.25, 0.3) is 0 Å². The number of fused-ring (bicyclic) bond motifs is 1. The van der Waals surface area contributed by atoms with Gasteiger partial charge in [0.1, 0.15) is 0 Å². The largest absolute Gasteiger partial charge is 0.493 e. The van der Waals surface area contributed by atoms with E-state index in [2.05, 4.69) is 10.6 Å². The number of carbonyl (C=O) groups is 2. The Morgan fingerprint density at radius 1 is 1.15 bits per heavy atom. The molecule has 26 heavy (non-hydrogen) atoms. The first-order valence-electron chi connectivity index (χ1n) is 8.44. The molecule has 0 spiro atoms. The predicted octanol–water partition coefficient (Wildman–Crippen LogP) is 3.01. The average Bonchev–Trinajstić information content (AvgIpc) is 2.66. The topological polar surface area (TPSA) is 76.7 Å². The zero-order valence-corrected chi connectivity index (χ0v) is 15.0. The molecule has 0 unspecified atom stereocenters. The lowest BCUT2D eigenvalue weighted by Gasteiger charge is -2.27. The summed E-state index contributed by atoms with van der Waals surface area (Å²) in [7, 11) is 3.07. The molecule has 0 aromatic heterocycles. The van der Waals surface area contributed by atoms with Crippen LogP contribution < -0.4 is 20.1 Å². The molecule has 0 radical (unpaired) electrons. The quantitative estimate of drug-likeness (QED) is 0.865. The van der Waals surface area contributed by atoms with Crippen molar-refractivity contribution in [1.29, 1.82) is 0 Å². The van der Waals surface area contributed by atoms with E-state index in [-0.39, 0.29) is 24.3 Å². The number of methoxy groups -OCH3 is 2. The van der Waals surface area contributed by atoms with Crippen molar-refractivity contribution in [3.63, 3.8) is 0 Å². The number of rotatable bonds is 5. The fourth-order valence-corrected chi connectivity index (χ4v) is 3.16. The lowest BCUT2D eigenvalue weighted by atomic mass is 9.89. The van der Waals surface area contributed by atoms with E-state index >= 15 is 0 Å². The fourth-order valence-electron chi connectivity index (χ4n) is 3.16. The van der Waals surface area contributed by atoms with Crippen LogP contribution in [0.2, 0.25) is 0 Å². The molecule has 1 heterocycles. The Kier molecular flexibility index (Phi) is 5.11. The summed E-state index contributed by atoms with van der Waals surface area (Å²) in [4.78, 5) is 25.0. The summed E-state index contributed by atoms with van der Waals surface area (Å²) < 4.78 is 10.6. The Morgan fingerprint density at radius 3 is 2.46 bits per heavy atom. The first-order valence-corrected chi connectivity index (χ1v) is 8.44. The molecule has 1 aliphatic heterocycles. The number of carbonyl (C=O) groups excluding carboxylic acids is 2. The molecule has 2 amide bonds. The molecule has 0 saturated carbocycles. The third-order valence-corrected chi connectivity index (χ3v) is 4.57. The van der Waals surface area contributed by atoms with Crippen molar-refractivity contribution >= 4 is 17.5 Å². The van der Waals surface area contributed by atoms with Crippen molar-refractivity contribution in [2.45, 2.75) is 25.3 Å². The number of hydrogen-bond acceptors (Lipinski definition) is 4. The van der Waals surface area contributed by atoms with Crippen molar-refractivity contribution in [2.24, 2.45) is 0 Å². The van der Waals surface area contributed by atoms with E-state index in [1.54, 1.807) is 12.1 Å². The second-order valence-electron chi connectivity index (χ2n) is 6.24. The van der Waals surface area contributed by atoms with Gasteiger partial charge in [0, 0.05) is 18.2 Å². The van der Waals surface area contributed by atoms with Gasteiger partial charge in [-0.15, -0.1) is 0 Å².